The lowest BCUT2D eigenvalue weighted by Gasteiger charge is -2.14. The van der Waals surface area contributed by atoms with Gasteiger partial charge in [-0.05, 0) is 61.0 Å². The minimum Gasteiger partial charge on any atom is -0.489 e. The van der Waals surface area contributed by atoms with Gasteiger partial charge in [0.15, 0.2) is 0 Å². The predicted molar refractivity (Wildman–Crippen MR) is 113 cm³/mol. The van der Waals surface area contributed by atoms with Gasteiger partial charge in [-0.25, -0.2) is 4.79 Å². The van der Waals surface area contributed by atoms with E-state index in [-0.39, 0.29) is 23.3 Å². The number of amides is 2. The number of hydrogen-bond donors (Lipinski definition) is 0. The molecule has 1 aromatic heterocycles. The van der Waals surface area contributed by atoms with Gasteiger partial charge in [0.1, 0.15) is 11.5 Å². The summed E-state index contributed by atoms with van der Waals surface area (Å²) in [5.74, 6) is -0.210. The minimum atomic E-state index is -0.632. The highest BCUT2D eigenvalue weighted by Crippen LogP contribution is 2.35. The molecule has 1 aliphatic rings. The Morgan fingerprint density at radius 1 is 1.30 bits per heavy atom. The summed E-state index contributed by atoms with van der Waals surface area (Å²) in [5, 5.41) is -0.000655. The maximum atomic E-state index is 12.7. The van der Waals surface area contributed by atoms with E-state index in [4.69, 9.17) is 20.8 Å². The number of halogens is 1. The molecule has 0 spiro atoms. The van der Waals surface area contributed by atoms with Gasteiger partial charge in [-0.15, -0.1) is 0 Å². The Morgan fingerprint density at radius 2 is 2.07 bits per heavy atom. The highest BCUT2D eigenvalue weighted by Gasteiger charge is 2.35. The van der Waals surface area contributed by atoms with Gasteiger partial charge in [0.25, 0.3) is 11.1 Å². The average Bonchev–Trinajstić information content (AvgIpc) is 3.30. The Morgan fingerprint density at radius 3 is 2.73 bits per heavy atom. The Kier molecular flexibility index (Phi) is 6.89. The molecule has 30 heavy (non-hydrogen) atoms. The standard InChI is InChI=1S/C21H20ClNO6S/c1-4-12(2)28-16-7-5-13(9-15(16)22)10-18-19(24)23(21(26)30-18)11-14-6-8-17(29-14)20(25)27-3/h5-10,12H,4,11H2,1-3H3. The molecule has 2 aromatic rings. The molecule has 1 unspecified atom stereocenters. The summed E-state index contributed by atoms with van der Waals surface area (Å²) in [7, 11) is 1.24. The van der Waals surface area contributed by atoms with E-state index in [2.05, 4.69) is 4.74 Å². The number of ether oxygens (including phenoxy) is 2. The normalized spacial score (nSPS) is 16.3. The van der Waals surface area contributed by atoms with Gasteiger partial charge in [0.2, 0.25) is 5.76 Å². The quantitative estimate of drug-likeness (QED) is 0.427. The largest absolute Gasteiger partial charge is 0.489 e. The van der Waals surface area contributed by atoms with Crippen LogP contribution in [0.3, 0.4) is 0 Å². The van der Waals surface area contributed by atoms with Crippen molar-refractivity contribution in [1.29, 1.82) is 0 Å². The fraction of sp³-hybridized carbons (Fsp3) is 0.286. The van der Waals surface area contributed by atoms with E-state index >= 15 is 0 Å². The smallest absolute Gasteiger partial charge is 0.373 e. The zero-order chi connectivity index (χ0) is 21.8. The molecule has 1 saturated heterocycles. The number of furan rings is 1. The zero-order valence-electron chi connectivity index (χ0n) is 16.6. The molecule has 2 amide bonds. The van der Waals surface area contributed by atoms with E-state index in [1.807, 2.05) is 13.8 Å². The van der Waals surface area contributed by atoms with Crippen LogP contribution in [-0.4, -0.2) is 35.2 Å². The first kappa shape index (κ1) is 22.0. The lowest BCUT2D eigenvalue weighted by molar-refractivity contribution is -0.123. The predicted octanol–water partition coefficient (Wildman–Crippen LogP) is 5.13. The molecule has 0 aliphatic carbocycles. The van der Waals surface area contributed by atoms with Crippen LogP contribution in [0.4, 0.5) is 4.79 Å². The molecular formula is C21H20ClNO6S. The molecule has 3 rings (SSSR count). The number of rotatable bonds is 7. The molecule has 9 heteroatoms. The van der Waals surface area contributed by atoms with E-state index in [0.717, 1.165) is 23.1 Å². The zero-order valence-corrected chi connectivity index (χ0v) is 18.2. The van der Waals surface area contributed by atoms with Gasteiger partial charge in [-0.2, -0.15) is 0 Å². The van der Waals surface area contributed by atoms with Gasteiger partial charge < -0.3 is 13.9 Å². The van der Waals surface area contributed by atoms with E-state index in [9.17, 15) is 14.4 Å². The van der Waals surface area contributed by atoms with Crippen LogP contribution in [0, 0.1) is 0 Å². The van der Waals surface area contributed by atoms with Crippen molar-refractivity contribution >= 4 is 46.6 Å². The number of benzene rings is 1. The van der Waals surface area contributed by atoms with Crippen molar-refractivity contribution in [2.75, 3.05) is 7.11 Å². The Labute approximate surface area is 182 Å². The van der Waals surface area contributed by atoms with Gasteiger partial charge in [-0.3, -0.25) is 14.5 Å². The molecule has 0 radical (unpaired) electrons. The van der Waals surface area contributed by atoms with Gasteiger partial charge >= 0.3 is 5.97 Å². The molecule has 1 aromatic carbocycles. The third-order valence-electron chi connectivity index (χ3n) is 4.39. The topological polar surface area (TPSA) is 86.1 Å². The molecule has 7 nitrogen and oxygen atoms in total. The van der Waals surface area contributed by atoms with E-state index in [0.29, 0.717) is 22.1 Å². The van der Waals surface area contributed by atoms with Crippen molar-refractivity contribution in [3.05, 3.63) is 57.3 Å². The summed E-state index contributed by atoms with van der Waals surface area (Å²) in [6, 6.07) is 8.15. The lowest BCUT2D eigenvalue weighted by Crippen LogP contribution is -2.27. The summed E-state index contributed by atoms with van der Waals surface area (Å²) in [6.45, 7) is 3.89. The molecule has 2 heterocycles. The van der Waals surface area contributed by atoms with Crippen LogP contribution in [0.1, 0.15) is 42.1 Å². The van der Waals surface area contributed by atoms with Crippen LogP contribution in [0.2, 0.25) is 5.02 Å². The summed E-state index contributed by atoms with van der Waals surface area (Å²) >= 11 is 7.11. The fourth-order valence-electron chi connectivity index (χ4n) is 2.62. The van der Waals surface area contributed by atoms with Crippen molar-refractivity contribution in [3.63, 3.8) is 0 Å². The number of nitrogens with zero attached hydrogens (tertiary/aromatic N) is 1. The first-order chi connectivity index (χ1) is 14.3. The number of carbonyl (C=O) groups excluding carboxylic acids is 3. The third-order valence-corrected chi connectivity index (χ3v) is 5.60. The Balaban J connectivity index is 1.74. The number of carbonyl (C=O) groups is 3. The minimum absolute atomic E-state index is 0.00403. The molecule has 0 saturated carbocycles. The van der Waals surface area contributed by atoms with Crippen LogP contribution >= 0.6 is 23.4 Å². The SMILES string of the molecule is CCC(C)Oc1ccc(C=C2SC(=O)N(Cc3ccc(C(=O)OC)o3)C2=O)cc1Cl. The number of esters is 1. The van der Waals surface area contributed by atoms with Gasteiger partial charge in [-0.1, -0.05) is 24.6 Å². The molecule has 0 N–H and O–H groups in total. The monoisotopic (exact) mass is 449 g/mol. The van der Waals surface area contributed by atoms with Crippen LogP contribution in [0.5, 0.6) is 5.75 Å². The van der Waals surface area contributed by atoms with E-state index < -0.39 is 17.1 Å². The Hall–Kier alpha value is -2.71. The van der Waals surface area contributed by atoms with Gasteiger partial charge in [0, 0.05) is 0 Å². The van der Waals surface area contributed by atoms with Crippen LogP contribution in [0.25, 0.3) is 6.08 Å². The number of hydrogen-bond acceptors (Lipinski definition) is 7. The Bertz CT molecular complexity index is 1010. The van der Waals surface area contributed by atoms with E-state index in [1.165, 1.54) is 19.2 Å². The van der Waals surface area contributed by atoms with Crippen molar-refractivity contribution < 1.29 is 28.3 Å². The maximum Gasteiger partial charge on any atom is 0.373 e. The molecule has 1 atom stereocenters. The number of methoxy groups -OCH3 is 1. The maximum absolute atomic E-state index is 12.7. The first-order valence-corrected chi connectivity index (χ1v) is 10.4. The average molecular weight is 450 g/mol. The van der Waals surface area contributed by atoms with Crippen molar-refractivity contribution in [1.82, 2.24) is 4.90 Å². The lowest BCUT2D eigenvalue weighted by atomic mass is 10.2. The number of imide groups is 1. The highest BCUT2D eigenvalue weighted by atomic mass is 35.5. The van der Waals surface area contributed by atoms with Crippen LogP contribution in [0.15, 0.2) is 39.7 Å². The van der Waals surface area contributed by atoms with Crippen molar-refractivity contribution in [3.8, 4) is 5.75 Å². The van der Waals surface area contributed by atoms with E-state index in [1.54, 1.807) is 24.3 Å². The molecular weight excluding hydrogens is 430 g/mol. The summed E-state index contributed by atoms with van der Waals surface area (Å²) in [6.07, 6.45) is 2.49. The fourth-order valence-corrected chi connectivity index (χ4v) is 3.69. The summed E-state index contributed by atoms with van der Waals surface area (Å²) in [4.78, 5) is 37.8. The summed E-state index contributed by atoms with van der Waals surface area (Å²) < 4.78 is 15.7. The second-order valence-electron chi connectivity index (χ2n) is 6.55. The van der Waals surface area contributed by atoms with Gasteiger partial charge in [0.05, 0.1) is 29.7 Å². The van der Waals surface area contributed by atoms with Crippen molar-refractivity contribution in [2.45, 2.75) is 32.9 Å². The second-order valence-corrected chi connectivity index (χ2v) is 7.95. The molecule has 158 valence electrons. The first-order valence-electron chi connectivity index (χ1n) is 9.21. The summed E-state index contributed by atoms with van der Waals surface area (Å²) in [5.41, 5.74) is 0.674. The molecule has 0 bridgehead atoms. The second kappa shape index (κ2) is 9.40. The number of thioether (sulfide) groups is 1. The molecule has 1 fully saturated rings. The third kappa shape index (κ3) is 4.88. The van der Waals surface area contributed by atoms with Crippen molar-refractivity contribution in [2.24, 2.45) is 0 Å². The van der Waals surface area contributed by atoms with Crippen LogP contribution in [-0.2, 0) is 16.1 Å². The van der Waals surface area contributed by atoms with Crippen LogP contribution < -0.4 is 4.74 Å². The molecule has 1 aliphatic heterocycles. The highest BCUT2D eigenvalue weighted by molar-refractivity contribution is 8.18.